The van der Waals surface area contributed by atoms with Crippen molar-refractivity contribution >= 4 is 11.8 Å². The van der Waals surface area contributed by atoms with Crippen LogP contribution in [-0.4, -0.2) is 63.3 Å². The molecular weight excluding hydrogens is 258 g/mol. The molecule has 20 heavy (non-hydrogen) atoms. The number of nitrogens with zero attached hydrogens (tertiary/aromatic N) is 4. The summed E-state index contributed by atoms with van der Waals surface area (Å²) >= 11 is 0. The van der Waals surface area contributed by atoms with Gasteiger partial charge in [-0.05, 0) is 13.8 Å². The third-order valence-corrected chi connectivity index (χ3v) is 3.51. The van der Waals surface area contributed by atoms with Gasteiger partial charge in [0.15, 0.2) is 0 Å². The Balaban J connectivity index is 2.18. The highest BCUT2D eigenvalue weighted by Gasteiger charge is 2.35. The lowest BCUT2D eigenvalue weighted by molar-refractivity contribution is -0.124. The summed E-state index contributed by atoms with van der Waals surface area (Å²) < 4.78 is 0. The van der Waals surface area contributed by atoms with Gasteiger partial charge in [0.25, 0.3) is 5.91 Å². The van der Waals surface area contributed by atoms with Gasteiger partial charge in [-0.3, -0.25) is 19.5 Å². The van der Waals surface area contributed by atoms with E-state index in [1.807, 2.05) is 0 Å². The Morgan fingerprint density at radius 2 is 2.10 bits per heavy atom. The standard InChI is InChI=1S/C13H19N5O2/c1-9(2)17-5-6-18(11(8-17)12(14)19)13(20)10-7-15-3-4-16-10/h3-4,7,9,11H,5-6,8H2,1-2H3,(H2,14,19). The van der Waals surface area contributed by atoms with Gasteiger partial charge in [0, 0.05) is 38.1 Å². The SMILES string of the molecule is CC(C)N1CCN(C(=O)c2cnccn2)C(C(N)=O)C1. The van der Waals surface area contributed by atoms with Crippen molar-refractivity contribution in [1.29, 1.82) is 0 Å². The van der Waals surface area contributed by atoms with Gasteiger partial charge in [-0.15, -0.1) is 0 Å². The molecule has 0 aromatic carbocycles. The predicted molar refractivity (Wildman–Crippen MR) is 72.8 cm³/mol. The second kappa shape index (κ2) is 5.96. The molecular formula is C13H19N5O2. The van der Waals surface area contributed by atoms with E-state index in [0.717, 1.165) is 0 Å². The number of carbonyl (C=O) groups is 2. The molecule has 7 heteroatoms. The molecule has 2 N–H and O–H groups in total. The number of hydrogen-bond acceptors (Lipinski definition) is 5. The first kappa shape index (κ1) is 14.4. The summed E-state index contributed by atoms with van der Waals surface area (Å²) in [7, 11) is 0. The van der Waals surface area contributed by atoms with E-state index in [1.165, 1.54) is 23.5 Å². The van der Waals surface area contributed by atoms with Gasteiger partial charge < -0.3 is 10.6 Å². The van der Waals surface area contributed by atoms with Crippen molar-refractivity contribution in [2.45, 2.75) is 25.9 Å². The lowest BCUT2D eigenvalue weighted by Crippen LogP contribution is -2.61. The van der Waals surface area contributed by atoms with Crippen LogP contribution in [0, 0.1) is 0 Å². The number of hydrogen-bond donors (Lipinski definition) is 1. The molecule has 1 saturated heterocycles. The Bertz CT molecular complexity index is 491. The van der Waals surface area contributed by atoms with Gasteiger partial charge in [-0.25, -0.2) is 4.98 Å². The maximum absolute atomic E-state index is 12.4. The number of nitrogens with two attached hydrogens (primary N) is 1. The summed E-state index contributed by atoms with van der Waals surface area (Å²) in [6, 6.07) is -0.314. The highest BCUT2D eigenvalue weighted by Crippen LogP contribution is 2.14. The minimum Gasteiger partial charge on any atom is -0.368 e. The molecule has 1 unspecified atom stereocenters. The Hall–Kier alpha value is -2.02. The molecule has 1 aliphatic heterocycles. The van der Waals surface area contributed by atoms with E-state index in [-0.39, 0.29) is 11.6 Å². The fourth-order valence-electron chi connectivity index (χ4n) is 2.32. The average molecular weight is 277 g/mol. The van der Waals surface area contributed by atoms with Crippen LogP contribution in [0.5, 0.6) is 0 Å². The third-order valence-electron chi connectivity index (χ3n) is 3.51. The van der Waals surface area contributed by atoms with Crippen molar-refractivity contribution in [2.24, 2.45) is 5.73 Å². The fraction of sp³-hybridized carbons (Fsp3) is 0.538. The quantitative estimate of drug-likeness (QED) is 0.804. The summed E-state index contributed by atoms with van der Waals surface area (Å²) in [4.78, 5) is 35.5. The monoisotopic (exact) mass is 277 g/mol. The van der Waals surface area contributed by atoms with E-state index in [2.05, 4.69) is 28.7 Å². The predicted octanol–water partition coefficient (Wildman–Crippen LogP) is -0.503. The second-order valence-corrected chi connectivity index (χ2v) is 5.10. The molecule has 0 bridgehead atoms. The van der Waals surface area contributed by atoms with E-state index in [4.69, 9.17) is 5.73 Å². The maximum atomic E-state index is 12.4. The Morgan fingerprint density at radius 1 is 1.35 bits per heavy atom. The van der Waals surface area contributed by atoms with Gasteiger partial charge in [0.2, 0.25) is 5.91 Å². The zero-order chi connectivity index (χ0) is 14.7. The Morgan fingerprint density at radius 3 is 2.65 bits per heavy atom. The zero-order valence-corrected chi connectivity index (χ0v) is 11.7. The van der Waals surface area contributed by atoms with Crippen LogP contribution >= 0.6 is 0 Å². The first-order valence-corrected chi connectivity index (χ1v) is 6.61. The smallest absolute Gasteiger partial charge is 0.274 e. The summed E-state index contributed by atoms with van der Waals surface area (Å²) in [5.41, 5.74) is 5.67. The first-order chi connectivity index (χ1) is 9.50. The molecule has 0 saturated carbocycles. The highest BCUT2D eigenvalue weighted by atomic mass is 16.2. The molecule has 0 aliphatic carbocycles. The topological polar surface area (TPSA) is 92.4 Å². The minimum absolute atomic E-state index is 0.233. The fourth-order valence-corrected chi connectivity index (χ4v) is 2.32. The number of carbonyl (C=O) groups excluding carboxylic acids is 2. The van der Waals surface area contributed by atoms with Crippen LogP contribution in [-0.2, 0) is 4.79 Å². The van der Waals surface area contributed by atoms with Crippen molar-refractivity contribution in [3.05, 3.63) is 24.3 Å². The van der Waals surface area contributed by atoms with Crippen molar-refractivity contribution in [3.8, 4) is 0 Å². The van der Waals surface area contributed by atoms with Crippen molar-refractivity contribution in [2.75, 3.05) is 19.6 Å². The molecule has 0 spiro atoms. The van der Waals surface area contributed by atoms with E-state index in [9.17, 15) is 9.59 Å². The molecule has 2 heterocycles. The summed E-state index contributed by atoms with van der Waals surface area (Å²) in [5, 5.41) is 0. The maximum Gasteiger partial charge on any atom is 0.274 e. The van der Waals surface area contributed by atoms with Gasteiger partial charge in [-0.2, -0.15) is 0 Å². The zero-order valence-electron chi connectivity index (χ0n) is 11.7. The summed E-state index contributed by atoms with van der Waals surface area (Å²) in [6.45, 7) is 5.74. The van der Waals surface area contributed by atoms with E-state index < -0.39 is 11.9 Å². The molecule has 1 fully saturated rings. The molecule has 1 aliphatic rings. The number of primary amides is 1. The van der Waals surface area contributed by atoms with Crippen LogP contribution < -0.4 is 5.73 Å². The third kappa shape index (κ3) is 2.93. The second-order valence-electron chi connectivity index (χ2n) is 5.10. The van der Waals surface area contributed by atoms with E-state index in [1.54, 1.807) is 0 Å². The first-order valence-electron chi connectivity index (χ1n) is 6.61. The van der Waals surface area contributed by atoms with Crippen LogP contribution in [0.3, 0.4) is 0 Å². The van der Waals surface area contributed by atoms with Crippen LogP contribution in [0.4, 0.5) is 0 Å². The lowest BCUT2D eigenvalue weighted by atomic mass is 10.1. The van der Waals surface area contributed by atoms with Gasteiger partial charge in [0.05, 0.1) is 6.20 Å². The highest BCUT2D eigenvalue weighted by molar-refractivity contribution is 5.95. The molecule has 0 radical (unpaired) electrons. The number of aromatic nitrogens is 2. The minimum atomic E-state index is -0.624. The van der Waals surface area contributed by atoms with Crippen molar-refractivity contribution in [1.82, 2.24) is 19.8 Å². The number of amides is 2. The van der Waals surface area contributed by atoms with Gasteiger partial charge in [0.1, 0.15) is 11.7 Å². The van der Waals surface area contributed by atoms with Crippen LogP contribution in [0.25, 0.3) is 0 Å². The number of rotatable bonds is 3. The van der Waals surface area contributed by atoms with E-state index in [0.29, 0.717) is 25.7 Å². The normalized spacial score (nSPS) is 20.1. The van der Waals surface area contributed by atoms with E-state index >= 15 is 0 Å². The lowest BCUT2D eigenvalue weighted by Gasteiger charge is -2.41. The van der Waals surface area contributed by atoms with Gasteiger partial charge in [-0.1, -0.05) is 0 Å². The largest absolute Gasteiger partial charge is 0.368 e. The summed E-state index contributed by atoms with van der Waals surface area (Å²) in [5.74, 6) is -0.794. The van der Waals surface area contributed by atoms with Crippen LogP contribution in [0.2, 0.25) is 0 Å². The average Bonchev–Trinajstić information content (AvgIpc) is 2.46. The molecule has 2 rings (SSSR count). The van der Waals surface area contributed by atoms with Crippen LogP contribution in [0.1, 0.15) is 24.3 Å². The van der Waals surface area contributed by atoms with Gasteiger partial charge >= 0.3 is 0 Å². The molecule has 1 aromatic rings. The molecule has 108 valence electrons. The van der Waals surface area contributed by atoms with Crippen molar-refractivity contribution in [3.63, 3.8) is 0 Å². The Kier molecular flexibility index (Phi) is 4.29. The Labute approximate surface area is 117 Å². The molecule has 1 aromatic heterocycles. The summed E-state index contributed by atoms with van der Waals surface area (Å²) in [6.07, 6.45) is 4.35. The molecule has 7 nitrogen and oxygen atoms in total. The molecule has 1 atom stereocenters. The van der Waals surface area contributed by atoms with Crippen LogP contribution in [0.15, 0.2) is 18.6 Å². The number of piperazine rings is 1. The van der Waals surface area contributed by atoms with Crippen molar-refractivity contribution < 1.29 is 9.59 Å². The molecule has 2 amide bonds.